The highest BCUT2D eigenvalue weighted by Crippen LogP contribution is 2.33. The third-order valence-corrected chi connectivity index (χ3v) is 4.71. The fraction of sp³-hybridized carbons (Fsp3) is 0.625. The van der Waals surface area contributed by atoms with Crippen LogP contribution in [0.15, 0.2) is 18.2 Å². The number of benzene rings is 1. The number of halogens is 1. The zero-order valence-corrected chi connectivity index (χ0v) is 12.7. The largest absolute Gasteiger partial charge is 0.393 e. The lowest BCUT2D eigenvalue weighted by molar-refractivity contribution is 0.0970. The van der Waals surface area contributed by atoms with Crippen molar-refractivity contribution in [2.45, 2.75) is 44.9 Å². The molecule has 2 unspecified atom stereocenters. The summed E-state index contributed by atoms with van der Waals surface area (Å²) in [5.74, 6) is 0.296. The monoisotopic (exact) mass is 294 g/mol. The van der Waals surface area contributed by atoms with Gasteiger partial charge in [0.15, 0.2) is 0 Å². The molecule has 1 saturated carbocycles. The Morgan fingerprint density at radius 2 is 2.15 bits per heavy atom. The van der Waals surface area contributed by atoms with Gasteiger partial charge in [-0.15, -0.1) is 0 Å². The van der Waals surface area contributed by atoms with E-state index in [1.165, 1.54) is 18.4 Å². The molecule has 2 N–H and O–H groups in total. The zero-order chi connectivity index (χ0) is 14.1. The summed E-state index contributed by atoms with van der Waals surface area (Å²) in [6.45, 7) is 4.75. The van der Waals surface area contributed by atoms with E-state index in [4.69, 9.17) is 11.6 Å². The van der Waals surface area contributed by atoms with Gasteiger partial charge in [-0.05, 0) is 36.8 Å². The summed E-state index contributed by atoms with van der Waals surface area (Å²) < 4.78 is 0. The fourth-order valence-corrected chi connectivity index (χ4v) is 3.25. The molecule has 0 amide bonds. The second-order valence-corrected chi connectivity index (χ2v) is 6.59. The van der Waals surface area contributed by atoms with E-state index in [-0.39, 0.29) is 6.10 Å². The van der Waals surface area contributed by atoms with Crippen LogP contribution in [0.4, 0.5) is 5.69 Å². The van der Waals surface area contributed by atoms with Gasteiger partial charge in [-0.2, -0.15) is 0 Å². The molecule has 110 valence electrons. The van der Waals surface area contributed by atoms with E-state index in [9.17, 15) is 5.11 Å². The number of hydrogen-bond donors (Lipinski definition) is 2. The first-order chi connectivity index (χ1) is 9.65. The number of aliphatic hydroxyl groups is 1. The van der Waals surface area contributed by atoms with Crippen molar-refractivity contribution in [2.24, 2.45) is 5.92 Å². The number of para-hydroxylation sites is 1. The molecule has 1 saturated heterocycles. The van der Waals surface area contributed by atoms with Crippen LogP contribution in [-0.2, 0) is 6.54 Å². The van der Waals surface area contributed by atoms with Gasteiger partial charge >= 0.3 is 0 Å². The molecule has 1 aromatic carbocycles. The molecule has 1 aromatic rings. The minimum Gasteiger partial charge on any atom is -0.393 e. The lowest BCUT2D eigenvalue weighted by Gasteiger charge is -2.37. The number of nitrogens with one attached hydrogen (secondary N) is 1. The first kappa shape index (κ1) is 14.2. The highest BCUT2D eigenvalue weighted by atomic mass is 35.5. The van der Waals surface area contributed by atoms with Crippen molar-refractivity contribution in [1.82, 2.24) is 5.32 Å². The molecule has 3 nitrogen and oxygen atoms in total. The average Bonchev–Trinajstić information content (AvgIpc) is 3.24. The van der Waals surface area contributed by atoms with E-state index in [0.717, 1.165) is 36.8 Å². The Labute approximate surface area is 125 Å². The molecule has 1 aliphatic heterocycles. The average molecular weight is 295 g/mol. The number of rotatable bonds is 4. The molecule has 4 heteroatoms. The lowest BCUT2D eigenvalue weighted by Crippen LogP contribution is -2.42. The predicted octanol–water partition coefficient (Wildman–Crippen LogP) is 2.80. The second kappa shape index (κ2) is 5.92. The second-order valence-electron chi connectivity index (χ2n) is 6.18. The maximum atomic E-state index is 9.89. The van der Waals surface area contributed by atoms with E-state index >= 15 is 0 Å². The van der Waals surface area contributed by atoms with Gasteiger partial charge in [0.2, 0.25) is 0 Å². The van der Waals surface area contributed by atoms with Gasteiger partial charge in [-0.3, -0.25) is 0 Å². The summed E-state index contributed by atoms with van der Waals surface area (Å²) in [7, 11) is 0. The third kappa shape index (κ3) is 3.11. The standard InChI is InChI=1S/C16H23ClN2O/c1-11-10-19(8-7-15(11)20)16-12(3-2-4-14(16)17)9-18-13-5-6-13/h2-4,11,13,15,18,20H,5-10H2,1H3. The number of nitrogens with zero attached hydrogens (tertiary/aromatic N) is 1. The van der Waals surface area contributed by atoms with Gasteiger partial charge < -0.3 is 15.3 Å². The first-order valence-corrected chi connectivity index (χ1v) is 7.96. The minimum atomic E-state index is -0.179. The van der Waals surface area contributed by atoms with Crippen LogP contribution in [0.5, 0.6) is 0 Å². The Morgan fingerprint density at radius 3 is 2.85 bits per heavy atom. The SMILES string of the molecule is CC1CN(c2c(Cl)cccc2CNC2CC2)CCC1O. The Kier molecular flexibility index (Phi) is 4.20. The lowest BCUT2D eigenvalue weighted by atomic mass is 9.95. The van der Waals surface area contributed by atoms with E-state index in [2.05, 4.69) is 23.2 Å². The molecular weight excluding hydrogens is 272 g/mol. The third-order valence-electron chi connectivity index (χ3n) is 4.41. The van der Waals surface area contributed by atoms with Gasteiger partial charge in [0.1, 0.15) is 0 Å². The normalized spacial score (nSPS) is 26.9. The molecule has 0 aromatic heterocycles. The van der Waals surface area contributed by atoms with E-state index in [1.807, 2.05) is 12.1 Å². The van der Waals surface area contributed by atoms with Crippen LogP contribution < -0.4 is 10.2 Å². The van der Waals surface area contributed by atoms with Crippen molar-refractivity contribution in [3.05, 3.63) is 28.8 Å². The maximum absolute atomic E-state index is 9.89. The number of piperidine rings is 1. The molecule has 2 fully saturated rings. The molecule has 1 heterocycles. The molecule has 20 heavy (non-hydrogen) atoms. The van der Waals surface area contributed by atoms with Crippen molar-refractivity contribution >= 4 is 17.3 Å². The van der Waals surface area contributed by atoms with E-state index in [0.29, 0.717) is 12.0 Å². The molecule has 0 radical (unpaired) electrons. The number of anilines is 1. The molecule has 2 aliphatic rings. The number of aliphatic hydroxyl groups excluding tert-OH is 1. The Balaban J connectivity index is 1.79. The summed E-state index contributed by atoms with van der Waals surface area (Å²) in [5.41, 5.74) is 2.43. The predicted molar refractivity (Wildman–Crippen MR) is 83.3 cm³/mol. The van der Waals surface area contributed by atoms with Gasteiger partial charge in [0.25, 0.3) is 0 Å². The van der Waals surface area contributed by atoms with Crippen LogP contribution in [0.2, 0.25) is 5.02 Å². The fourth-order valence-electron chi connectivity index (χ4n) is 2.93. The summed E-state index contributed by atoms with van der Waals surface area (Å²) in [6, 6.07) is 6.85. The van der Waals surface area contributed by atoms with Crippen LogP contribution in [-0.4, -0.2) is 30.3 Å². The van der Waals surface area contributed by atoms with Crippen LogP contribution in [0.3, 0.4) is 0 Å². The highest BCUT2D eigenvalue weighted by Gasteiger charge is 2.27. The van der Waals surface area contributed by atoms with Gasteiger partial charge in [-0.1, -0.05) is 30.7 Å². The number of hydrogen-bond acceptors (Lipinski definition) is 3. The first-order valence-electron chi connectivity index (χ1n) is 7.59. The Bertz CT molecular complexity index is 476. The van der Waals surface area contributed by atoms with Crippen LogP contribution >= 0.6 is 11.6 Å². The Hall–Kier alpha value is -0.770. The molecule has 0 spiro atoms. The van der Waals surface area contributed by atoms with Crippen LogP contribution in [0.1, 0.15) is 31.7 Å². The smallest absolute Gasteiger partial charge is 0.0642 e. The maximum Gasteiger partial charge on any atom is 0.0642 e. The molecule has 0 bridgehead atoms. The van der Waals surface area contributed by atoms with Gasteiger partial charge in [0.05, 0.1) is 16.8 Å². The quantitative estimate of drug-likeness (QED) is 0.896. The molecular formula is C16H23ClN2O. The summed E-state index contributed by atoms with van der Waals surface area (Å²) >= 11 is 6.45. The topological polar surface area (TPSA) is 35.5 Å². The van der Waals surface area contributed by atoms with Crippen molar-refractivity contribution < 1.29 is 5.11 Å². The molecule has 2 atom stereocenters. The van der Waals surface area contributed by atoms with Crippen LogP contribution in [0, 0.1) is 5.92 Å². The summed E-state index contributed by atoms with van der Waals surface area (Å²) in [6.07, 6.45) is 3.23. The van der Waals surface area contributed by atoms with Crippen molar-refractivity contribution in [2.75, 3.05) is 18.0 Å². The highest BCUT2D eigenvalue weighted by molar-refractivity contribution is 6.33. The van der Waals surface area contributed by atoms with Crippen molar-refractivity contribution in [1.29, 1.82) is 0 Å². The van der Waals surface area contributed by atoms with E-state index < -0.39 is 0 Å². The Morgan fingerprint density at radius 1 is 1.35 bits per heavy atom. The van der Waals surface area contributed by atoms with Crippen molar-refractivity contribution in [3.8, 4) is 0 Å². The zero-order valence-electron chi connectivity index (χ0n) is 12.0. The molecule has 1 aliphatic carbocycles. The van der Waals surface area contributed by atoms with E-state index in [1.54, 1.807) is 0 Å². The van der Waals surface area contributed by atoms with Gasteiger partial charge in [0, 0.05) is 25.7 Å². The molecule has 3 rings (SSSR count). The summed E-state index contributed by atoms with van der Waals surface area (Å²) in [5, 5.41) is 14.3. The van der Waals surface area contributed by atoms with Crippen LogP contribution in [0.25, 0.3) is 0 Å². The van der Waals surface area contributed by atoms with Gasteiger partial charge in [-0.25, -0.2) is 0 Å². The minimum absolute atomic E-state index is 0.179. The summed E-state index contributed by atoms with van der Waals surface area (Å²) in [4.78, 5) is 2.34. The van der Waals surface area contributed by atoms with Crippen molar-refractivity contribution in [3.63, 3.8) is 0 Å².